The standard InChI is InChI=1S/C15H17F4NO/c1-10(14(21)11-4-6-13(16)7-5-11)20-8-2-3-12(9-20)15(17,18)19/h4-7,10,12H,2-3,8-9H2,1H3. The second kappa shape index (κ2) is 6.13. The van der Waals surface area contributed by atoms with E-state index >= 15 is 0 Å². The Bertz CT molecular complexity index is 497. The monoisotopic (exact) mass is 303 g/mol. The van der Waals surface area contributed by atoms with E-state index in [1.165, 1.54) is 24.3 Å². The van der Waals surface area contributed by atoms with E-state index in [1.807, 2.05) is 0 Å². The molecule has 0 aromatic heterocycles. The van der Waals surface area contributed by atoms with Crippen LogP contribution in [-0.4, -0.2) is 36.0 Å². The fourth-order valence-corrected chi connectivity index (χ4v) is 2.65. The third-order valence-corrected chi connectivity index (χ3v) is 3.97. The van der Waals surface area contributed by atoms with Gasteiger partial charge in [-0.05, 0) is 50.6 Å². The number of carbonyl (C=O) groups excluding carboxylic acids is 1. The fourth-order valence-electron chi connectivity index (χ4n) is 2.65. The molecule has 21 heavy (non-hydrogen) atoms. The van der Waals surface area contributed by atoms with E-state index in [-0.39, 0.29) is 18.7 Å². The predicted molar refractivity (Wildman–Crippen MR) is 70.5 cm³/mol. The number of hydrogen-bond acceptors (Lipinski definition) is 2. The lowest BCUT2D eigenvalue weighted by atomic mass is 9.94. The molecular weight excluding hydrogens is 286 g/mol. The van der Waals surface area contributed by atoms with Crippen LogP contribution in [0.15, 0.2) is 24.3 Å². The van der Waals surface area contributed by atoms with E-state index in [0.717, 1.165) is 0 Å². The highest BCUT2D eigenvalue weighted by Gasteiger charge is 2.43. The number of hydrogen-bond donors (Lipinski definition) is 0. The van der Waals surface area contributed by atoms with Crippen LogP contribution in [0.5, 0.6) is 0 Å². The van der Waals surface area contributed by atoms with Crippen LogP contribution in [0.4, 0.5) is 17.6 Å². The van der Waals surface area contributed by atoms with Crippen LogP contribution in [0.2, 0.25) is 0 Å². The summed E-state index contributed by atoms with van der Waals surface area (Å²) >= 11 is 0. The van der Waals surface area contributed by atoms with Gasteiger partial charge in [0.25, 0.3) is 0 Å². The van der Waals surface area contributed by atoms with E-state index in [1.54, 1.807) is 11.8 Å². The van der Waals surface area contributed by atoms with Crippen molar-refractivity contribution in [3.05, 3.63) is 35.6 Å². The van der Waals surface area contributed by atoms with Gasteiger partial charge >= 0.3 is 6.18 Å². The molecule has 1 aromatic carbocycles. The van der Waals surface area contributed by atoms with Crippen LogP contribution in [0.1, 0.15) is 30.1 Å². The minimum atomic E-state index is -4.22. The number of piperidine rings is 1. The van der Waals surface area contributed by atoms with Crippen molar-refractivity contribution >= 4 is 5.78 Å². The highest BCUT2D eigenvalue weighted by atomic mass is 19.4. The lowest BCUT2D eigenvalue weighted by molar-refractivity contribution is -0.187. The quantitative estimate of drug-likeness (QED) is 0.627. The van der Waals surface area contributed by atoms with Gasteiger partial charge in [0.1, 0.15) is 5.82 Å². The SMILES string of the molecule is CC(C(=O)c1ccc(F)cc1)N1CCCC(C(F)(F)F)C1. The van der Waals surface area contributed by atoms with Gasteiger partial charge in [-0.1, -0.05) is 0 Å². The summed E-state index contributed by atoms with van der Waals surface area (Å²) in [6, 6.07) is 4.43. The Balaban J connectivity index is 2.06. The normalized spacial score (nSPS) is 22.0. The highest BCUT2D eigenvalue weighted by Crippen LogP contribution is 2.33. The highest BCUT2D eigenvalue weighted by molar-refractivity contribution is 5.99. The van der Waals surface area contributed by atoms with Gasteiger partial charge in [0, 0.05) is 12.1 Å². The third kappa shape index (κ3) is 3.81. The summed E-state index contributed by atoms with van der Waals surface area (Å²) < 4.78 is 51.2. The second-order valence-corrected chi connectivity index (χ2v) is 5.42. The summed E-state index contributed by atoms with van der Waals surface area (Å²) in [5.74, 6) is -2.11. The molecule has 2 rings (SSSR count). The number of benzene rings is 1. The Labute approximate surface area is 120 Å². The summed E-state index contributed by atoms with van der Waals surface area (Å²) in [7, 11) is 0. The number of likely N-dealkylation sites (tertiary alicyclic amines) is 1. The zero-order chi connectivity index (χ0) is 15.6. The molecular formula is C15H17F4NO. The van der Waals surface area contributed by atoms with Gasteiger partial charge in [-0.3, -0.25) is 9.69 Å². The first-order valence-corrected chi connectivity index (χ1v) is 6.89. The van der Waals surface area contributed by atoms with Gasteiger partial charge < -0.3 is 0 Å². The summed E-state index contributed by atoms with van der Waals surface area (Å²) in [5.41, 5.74) is 0.318. The molecule has 0 amide bonds. The molecule has 0 N–H and O–H groups in total. The van der Waals surface area contributed by atoms with Crippen molar-refractivity contribution in [3.8, 4) is 0 Å². The van der Waals surface area contributed by atoms with Gasteiger partial charge in [-0.25, -0.2) is 4.39 Å². The first kappa shape index (κ1) is 15.9. The molecule has 2 unspecified atom stereocenters. The number of halogens is 4. The number of Topliss-reactive ketones (excluding diaryl/α,β-unsaturated/α-hetero) is 1. The maximum absolute atomic E-state index is 12.8. The molecule has 0 saturated carbocycles. The van der Waals surface area contributed by atoms with Crippen LogP contribution in [0, 0.1) is 11.7 Å². The van der Waals surface area contributed by atoms with Gasteiger partial charge in [0.2, 0.25) is 0 Å². The topological polar surface area (TPSA) is 20.3 Å². The lowest BCUT2D eigenvalue weighted by Crippen LogP contribution is -2.48. The smallest absolute Gasteiger partial charge is 0.293 e. The van der Waals surface area contributed by atoms with Crippen molar-refractivity contribution in [1.29, 1.82) is 0 Å². The zero-order valence-corrected chi connectivity index (χ0v) is 11.7. The summed E-state index contributed by atoms with van der Waals surface area (Å²) in [6.07, 6.45) is -3.69. The Morgan fingerprint density at radius 1 is 1.29 bits per heavy atom. The van der Waals surface area contributed by atoms with Gasteiger partial charge in [0.15, 0.2) is 5.78 Å². The summed E-state index contributed by atoms with van der Waals surface area (Å²) in [4.78, 5) is 13.8. The Morgan fingerprint density at radius 3 is 2.48 bits per heavy atom. The van der Waals surface area contributed by atoms with Crippen molar-refractivity contribution in [2.45, 2.75) is 32.0 Å². The molecule has 1 fully saturated rings. The van der Waals surface area contributed by atoms with Crippen molar-refractivity contribution in [2.24, 2.45) is 5.92 Å². The molecule has 1 aromatic rings. The average molecular weight is 303 g/mol. The van der Waals surface area contributed by atoms with Crippen molar-refractivity contribution in [3.63, 3.8) is 0 Å². The van der Waals surface area contributed by atoms with Gasteiger partial charge in [-0.15, -0.1) is 0 Å². The van der Waals surface area contributed by atoms with Crippen LogP contribution < -0.4 is 0 Å². The number of alkyl halides is 3. The Morgan fingerprint density at radius 2 is 1.90 bits per heavy atom. The number of rotatable bonds is 3. The Kier molecular flexibility index (Phi) is 4.66. The lowest BCUT2D eigenvalue weighted by Gasteiger charge is -2.36. The van der Waals surface area contributed by atoms with Crippen molar-refractivity contribution in [1.82, 2.24) is 4.90 Å². The molecule has 116 valence electrons. The first-order chi connectivity index (χ1) is 9.79. The minimum absolute atomic E-state index is 0.109. The number of carbonyl (C=O) groups is 1. The third-order valence-electron chi connectivity index (χ3n) is 3.97. The van der Waals surface area contributed by atoms with E-state index in [2.05, 4.69) is 0 Å². The van der Waals surface area contributed by atoms with E-state index in [4.69, 9.17) is 0 Å². The molecule has 1 saturated heterocycles. The van der Waals surface area contributed by atoms with Gasteiger partial charge in [0.05, 0.1) is 12.0 Å². The predicted octanol–water partition coefficient (Wildman–Crippen LogP) is 3.67. The maximum atomic E-state index is 12.8. The zero-order valence-electron chi connectivity index (χ0n) is 11.7. The molecule has 2 atom stereocenters. The Hall–Kier alpha value is -1.43. The molecule has 2 nitrogen and oxygen atoms in total. The largest absolute Gasteiger partial charge is 0.393 e. The van der Waals surface area contributed by atoms with Crippen LogP contribution in [0.3, 0.4) is 0 Å². The molecule has 6 heteroatoms. The van der Waals surface area contributed by atoms with E-state index in [0.29, 0.717) is 18.5 Å². The van der Waals surface area contributed by atoms with Crippen LogP contribution >= 0.6 is 0 Å². The van der Waals surface area contributed by atoms with E-state index in [9.17, 15) is 22.4 Å². The number of ketones is 1. The molecule has 0 aliphatic carbocycles. The average Bonchev–Trinajstić information content (AvgIpc) is 2.46. The maximum Gasteiger partial charge on any atom is 0.393 e. The molecule has 0 bridgehead atoms. The molecule has 1 aliphatic rings. The van der Waals surface area contributed by atoms with Crippen LogP contribution in [-0.2, 0) is 0 Å². The molecule has 0 spiro atoms. The van der Waals surface area contributed by atoms with E-state index < -0.39 is 24.0 Å². The fraction of sp³-hybridized carbons (Fsp3) is 0.533. The van der Waals surface area contributed by atoms with Gasteiger partial charge in [-0.2, -0.15) is 13.2 Å². The molecule has 1 heterocycles. The van der Waals surface area contributed by atoms with Crippen LogP contribution in [0.25, 0.3) is 0 Å². The number of nitrogens with zero attached hydrogens (tertiary/aromatic N) is 1. The first-order valence-electron chi connectivity index (χ1n) is 6.89. The molecule has 1 aliphatic heterocycles. The summed E-state index contributed by atoms with van der Waals surface area (Å²) in [6.45, 7) is 1.92. The van der Waals surface area contributed by atoms with Crippen molar-refractivity contribution < 1.29 is 22.4 Å². The second-order valence-electron chi connectivity index (χ2n) is 5.42. The minimum Gasteiger partial charge on any atom is -0.293 e. The molecule has 0 radical (unpaired) electrons. The van der Waals surface area contributed by atoms with Crippen molar-refractivity contribution in [2.75, 3.05) is 13.1 Å². The summed E-state index contributed by atoms with van der Waals surface area (Å²) in [5, 5.41) is 0.